The molecule has 0 saturated heterocycles. The fourth-order valence-electron chi connectivity index (χ4n) is 3.10. The van der Waals surface area contributed by atoms with E-state index in [4.69, 9.17) is 4.74 Å². The number of nitrogens with zero attached hydrogens (tertiary/aromatic N) is 1. The highest BCUT2D eigenvalue weighted by Gasteiger charge is 2.38. The molecule has 0 unspecified atom stereocenters. The zero-order valence-corrected chi connectivity index (χ0v) is 19.5. The van der Waals surface area contributed by atoms with Gasteiger partial charge < -0.3 is 24.3 Å². The quantitative estimate of drug-likeness (QED) is 0.272. The number of benzene rings is 2. The van der Waals surface area contributed by atoms with Gasteiger partial charge in [0.1, 0.15) is 17.0 Å². The lowest BCUT2D eigenvalue weighted by Crippen LogP contribution is -2.19. The summed E-state index contributed by atoms with van der Waals surface area (Å²) in [6.45, 7) is 0. The molecule has 3 aromatic rings. The van der Waals surface area contributed by atoms with Gasteiger partial charge in [-0.1, -0.05) is 0 Å². The van der Waals surface area contributed by atoms with E-state index in [1.54, 1.807) is 0 Å². The molecule has 2 aromatic carbocycles. The van der Waals surface area contributed by atoms with Crippen molar-refractivity contribution in [2.24, 2.45) is 0 Å². The molecular weight excluding hydrogens is 552 g/mol. The van der Waals surface area contributed by atoms with Gasteiger partial charge in [-0.2, -0.15) is 17.6 Å². The Kier molecular flexibility index (Phi) is 8.16. The molecule has 0 aliphatic carbocycles. The van der Waals surface area contributed by atoms with E-state index in [2.05, 4.69) is 24.5 Å². The summed E-state index contributed by atoms with van der Waals surface area (Å²) in [6, 6.07) is 4.01. The number of halogens is 8. The molecule has 16 heteroatoms. The summed E-state index contributed by atoms with van der Waals surface area (Å²) in [6.07, 6.45) is -9.50. The van der Waals surface area contributed by atoms with Gasteiger partial charge in [0.25, 0.3) is 5.91 Å². The molecule has 0 fully saturated rings. The molecule has 0 atom stereocenters. The Morgan fingerprint density at radius 2 is 1.51 bits per heavy atom. The van der Waals surface area contributed by atoms with E-state index < -0.39 is 70.2 Å². The summed E-state index contributed by atoms with van der Waals surface area (Å²) in [5, 5.41) is 2.07. The number of amides is 1. The number of hydrogen-bond donors (Lipinski definition) is 1. The fraction of sp³-hybridized carbons (Fsp3) is 0.174. The molecule has 0 saturated carbocycles. The van der Waals surface area contributed by atoms with Crippen molar-refractivity contribution in [3.63, 3.8) is 0 Å². The van der Waals surface area contributed by atoms with Crippen molar-refractivity contribution in [1.29, 1.82) is 0 Å². The van der Waals surface area contributed by atoms with Crippen LogP contribution in [0.5, 0.6) is 23.0 Å². The van der Waals surface area contributed by atoms with E-state index in [0.29, 0.717) is 18.2 Å². The van der Waals surface area contributed by atoms with Gasteiger partial charge in [0.05, 0.1) is 19.8 Å². The summed E-state index contributed by atoms with van der Waals surface area (Å²) in [5.74, 6) is -10.2. The average molecular weight is 566 g/mol. The maximum absolute atomic E-state index is 15.1. The van der Waals surface area contributed by atoms with Crippen LogP contribution in [-0.4, -0.2) is 37.4 Å². The molecule has 208 valence electrons. The van der Waals surface area contributed by atoms with Crippen LogP contribution in [-0.2, 0) is 10.9 Å². The van der Waals surface area contributed by atoms with Gasteiger partial charge in [-0.25, -0.2) is 14.2 Å². The highest BCUT2D eigenvalue weighted by atomic mass is 19.4. The minimum Gasteiger partial charge on any atom is -0.490 e. The molecule has 1 heterocycles. The van der Waals surface area contributed by atoms with Gasteiger partial charge in [0, 0.05) is 11.9 Å². The van der Waals surface area contributed by atoms with Crippen molar-refractivity contribution in [1.82, 2.24) is 4.98 Å². The van der Waals surface area contributed by atoms with Crippen molar-refractivity contribution in [3.8, 4) is 23.0 Å². The van der Waals surface area contributed by atoms with Crippen molar-refractivity contribution in [2.45, 2.75) is 12.5 Å². The molecule has 0 aliphatic heterocycles. The number of esters is 1. The first-order valence-corrected chi connectivity index (χ1v) is 10.2. The predicted octanol–water partition coefficient (Wildman–Crippen LogP) is 6.12. The fourth-order valence-corrected chi connectivity index (χ4v) is 3.10. The Morgan fingerprint density at radius 3 is 2.10 bits per heavy atom. The van der Waals surface area contributed by atoms with Crippen molar-refractivity contribution < 1.29 is 63.7 Å². The first-order chi connectivity index (χ1) is 18.2. The maximum Gasteiger partial charge on any atom is 0.573 e. The second-order valence-electron chi connectivity index (χ2n) is 7.23. The van der Waals surface area contributed by atoms with Crippen LogP contribution in [0.15, 0.2) is 42.6 Å². The largest absolute Gasteiger partial charge is 0.573 e. The lowest BCUT2D eigenvalue weighted by molar-refractivity contribution is -0.275. The van der Waals surface area contributed by atoms with Gasteiger partial charge in [0.15, 0.2) is 17.3 Å². The first kappa shape index (κ1) is 28.9. The Bertz CT molecular complexity index is 1410. The molecular formula is C23H14F8N2O6. The van der Waals surface area contributed by atoms with Crippen molar-refractivity contribution in [2.75, 3.05) is 19.5 Å². The van der Waals surface area contributed by atoms with E-state index >= 15 is 4.39 Å². The summed E-state index contributed by atoms with van der Waals surface area (Å²) < 4.78 is 125. The smallest absolute Gasteiger partial charge is 0.490 e. The Labute approximate surface area is 213 Å². The van der Waals surface area contributed by atoms with Gasteiger partial charge in [-0.3, -0.25) is 4.79 Å². The van der Waals surface area contributed by atoms with Crippen LogP contribution < -0.4 is 19.5 Å². The second kappa shape index (κ2) is 11.0. The molecule has 0 spiro atoms. The zero-order chi connectivity index (χ0) is 29.1. The van der Waals surface area contributed by atoms with Crippen LogP contribution in [0.25, 0.3) is 0 Å². The molecule has 1 amide bonds. The van der Waals surface area contributed by atoms with E-state index in [0.717, 1.165) is 32.5 Å². The number of carbonyl (C=O) groups excluding carboxylic acids is 2. The van der Waals surface area contributed by atoms with Gasteiger partial charge in [-0.15, -0.1) is 13.2 Å². The SMILES string of the molecule is COC(=O)c1cc(NC(=O)c2c(Oc3ccc(OC(F)(F)F)c(F)c3OC)ccc(C(F)(F)F)c2F)ccn1. The second-order valence-corrected chi connectivity index (χ2v) is 7.23. The zero-order valence-electron chi connectivity index (χ0n) is 19.5. The highest BCUT2D eigenvalue weighted by Crippen LogP contribution is 2.42. The molecule has 0 bridgehead atoms. The van der Waals surface area contributed by atoms with Gasteiger partial charge >= 0.3 is 18.5 Å². The molecule has 0 radical (unpaired) electrons. The maximum atomic E-state index is 15.1. The van der Waals surface area contributed by atoms with E-state index in [9.17, 15) is 40.3 Å². The molecule has 3 rings (SSSR count). The Balaban J connectivity index is 2.08. The van der Waals surface area contributed by atoms with Gasteiger partial charge in [0.2, 0.25) is 11.6 Å². The van der Waals surface area contributed by atoms with Crippen molar-refractivity contribution >= 4 is 17.6 Å². The first-order valence-electron chi connectivity index (χ1n) is 10.2. The topological polar surface area (TPSA) is 96.0 Å². The number of carbonyl (C=O) groups is 2. The van der Waals surface area contributed by atoms with Crippen molar-refractivity contribution in [3.05, 3.63) is 71.1 Å². The summed E-state index contributed by atoms with van der Waals surface area (Å²) in [5.41, 5.74) is -3.70. The average Bonchev–Trinajstić information content (AvgIpc) is 2.84. The van der Waals surface area contributed by atoms with E-state index in [1.807, 2.05) is 0 Å². The lowest BCUT2D eigenvalue weighted by Gasteiger charge is -2.18. The number of alkyl halides is 6. The lowest BCUT2D eigenvalue weighted by atomic mass is 10.1. The van der Waals surface area contributed by atoms with Crippen LogP contribution in [0.4, 0.5) is 40.8 Å². The molecule has 0 aliphatic rings. The molecule has 1 aromatic heterocycles. The van der Waals surface area contributed by atoms with Crippen LogP contribution in [0.3, 0.4) is 0 Å². The van der Waals surface area contributed by atoms with Gasteiger partial charge in [-0.05, 0) is 36.4 Å². The number of hydrogen-bond acceptors (Lipinski definition) is 7. The Hall–Kier alpha value is -4.63. The number of ether oxygens (including phenoxy) is 4. The number of anilines is 1. The normalized spacial score (nSPS) is 11.5. The number of nitrogens with one attached hydrogen (secondary N) is 1. The van der Waals surface area contributed by atoms with E-state index in [-0.39, 0.29) is 17.4 Å². The van der Waals surface area contributed by atoms with Crippen LogP contribution >= 0.6 is 0 Å². The highest BCUT2D eigenvalue weighted by molar-refractivity contribution is 6.07. The number of pyridine rings is 1. The molecule has 1 N–H and O–H groups in total. The standard InChI is InChI=1S/C23H14F8N2O6/c1-36-19-15(6-5-14(18(19)25)39-23(29,30)31)38-13-4-3-11(22(26,27)28)17(24)16(13)20(34)33-10-7-8-32-12(9-10)21(35)37-2/h3-9H,1-2H3,(H,32,33,34). The summed E-state index contributed by atoms with van der Waals surface area (Å²) in [4.78, 5) is 28.3. The van der Waals surface area contributed by atoms with Crippen LogP contribution in [0, 0.1) is 11.6 Å². The minimum atomic E-state index is -5.28. The monoisotopic (exact) mass is 566 g/mol. The molecule has 8 nitrogen and oxygen atoms in total. The number of methoxy groups -OCH3 is 2. The van der Waals surface area contributed by atoms with Crippen LogP contribution in [0.2, 0.25) is 0 Å². The van der Waals surface area contributed by atoms with Crippen LogP contribution in [0.1, 0.15) is 26.4 Å². The third-order valence-corrected chi connectivity index (χ3v) is 4.72. The summed E-state index contributed by atoms with van der Waals surface area (Å²) >= 11 is 0. The third kappa shape index (κ3) is 6.63. The number of aromatic nitrogens is 1. The number of rotatable bonds is 7. The minimum absolute atomic E-state index is 0.213. The summed E-state index contributed by atoms with van der Waals surface area (Å²) in [7, 11) is 1.86. The Morgan fingerprint density at radius 1 is 0.872 bits per heavy atom. The molecule has 39 heavy (non-hydrogen) atoms. The predicted molar refractivity (Wildman–Crippen MR) is 115 cm³/mol. The third-order valence-electron chi connectivity index (χ3n) is 4.72. The van der Waals surface area contributed by atoms with E-state index in [1.165, 1.54) is 0 Å².